The third kappa shape index (κ3) is 12.2. The minimum Gasteiger partial charge on any atom is -0.0901 e. The molecule has 0 aliphatic heterocycles. The van der Waals surface area contributed by atoms with E-state index in [0.29, 0.717) is 0 Å². The molecule has 0 atom stereocenters. The predicted octanol–water partition coefficient (Wildman–Crippen LogP) is 9.86. The van der Waals surface area contributed by atoms with Gasteiger partial charge in [-0.05, 0) is 42.7 Å². The maximum Gasteiger partial charge on any atom is 0.0125 e. The molecule has 29 heavy (non-hydrogen) atoms. The first-order valence-electron chi connectivity index (χ1n) is 12.2. The van der Waals surface area contributed by atoms with E-state index in [2.05, 4.69) is 61.5 Å². The van der Waals surface area contributed by atoms with Gasteiger partial charge in [0.05, 0.1) is 0 Å². The van der Waals surface area contributed by atoms with Gasteiger partial charge in [-0.3, -0.25) is 0 Å². The summed E-state index contributed by atoms with van der Waals surface area (Å²) in [6.07, 6.45) is 21.2. The zero-order valence-electron chi connectivity index (χ0n) is 18.7. The van der Waals surface area contributed by atoms with Crippen molar-refractivity contribution in [2.24, 2.45) is 0 Å². The molecule has 0 amide bonds. The summed E-state index contributed by atoms with van der Waals surface area (Å²) in [7, 11) is 0. The van der Waals surface area contributed by atoms with E-state index in [0.717, 1.165) is 0 Å². The number of rotatable bonds is 17. The fourth-order valence-corrected chi connectivity index (χ4v) is 4.84. The molecule has 2 aromatic carbocycles. The molecule has 0 saturated heterocycles. The van der Waals surface area contributed by atoms with Crippen molar-refractivity contribution in [2.75, 3.05) is 0 Å². The van der Waals surface area contributed by atoms with Gasteiger partial charge in [-0.15, -0.1) is 0 Å². The van der Waals surface area contributed by atoms with Crippen LogP contribution in [-0.4, -0.2) is 0 Å². The molecule has 1 heteroatoms. The van der Waals surface area contributed by atoms with Crippen LogP contribution in [0.2, 0.25) is 0 Å². The van der Waals surface area contributed by atoms with E-state index in [1.54, 1.807) is 0 Å². The molecule has 2 aromatic rings. The molecular weight excluding hydrogens is 368 g/mol. The summed E-state index contributed by atoms with van der Waals surface area (Å²) in [4.78, 5) is 2.68. The number of unbranched alkanes of at least 4 members (excludes halogenated alkanes) is 13. The van der Waals surface area contributed by atoms with E-state index in [1.807, 2.05) is 11.8 Å². The Bertz CT molecular complexity index is 619. The fourth-order valence-electron chi connectivity index (χ4n) is 3.91. The van der Waals surface area contributed by atoms with Crippen LogP contribution in [0.4, 0.5) is 0 Å². The van der Waals surface area contributed by atoms with Crippen LogP contribution in [0.15, 0.2) is 64.4 Å². The van der Waals surface area contributed by atoms with Crippen molar-refractivity contribution in [3.05, 3.63) is 60.2 Å². The Labute approximate surface area is 184 Å². The minimum absolute atomic E-state index is 1.22. The lowest BCUT2D eigenvalue weighted by Gasteiger charge is -2.06. The number of hydrogen-bond acceptors (Lipinski definition) is 1. The van der Waals surface area contributed by atoms with Gasteiger partial charge in [0, 0.05) is 9.79 Å². The van der Waals surface area contributed by atoms with Crippen molar-refractivity contribution in [3.63, 3.8) is 0 Å². The van der Waals surface area contributed by atoms with Crippen LogP contribution in [0.25, 0.3) is 0 Å². The van der Waals surface area contributed by atoms with Crippen LogP contribution in [0.5, 0.6) is 0 Å². The maximum atomic E-state index is 2.37. The fraction of sp³-hybridized carbons (Fsp3) is 0.571. The molecular formula is C28H42S. The average Bonchev–Trinajstić information content (AvgIpc) is 2.75. The molecule has 0 aromatic heterocycles. The van der Waals surface area contributed by atoms with E-state index >= 15 is 0 Å². The lowest BCUT2D eigenvalue weighted by molar-refractivity contribution is 0.535. The Morgan fingerprint density at radius 3 is 1.62 bits per heavy atom. The smallest absolute Gasteiger partial charge is 0.0125 e. The van der Waals surface area contributed by atoms with Crippen molar-refractivity contribution in [1.82, 2.24) is 0 Å². The van der Waals surface area contributed by atoms with Crippen LogP contribution in [0.1, 0.15) is 102 Å². The highest BCUT2D eigenvalue weighted by Crippen LogP contribution is 2.28. The monoisotopic (exact) mass is 410 g/mol. The number of aryl methyl sites for hydroxylation is 1. The Kier molecular flexibility index (Phi) is 13.8. The van der Waals surface area contributed by atoms with Gasteiger partial charge < -0.3 is 0 Å². The third-order valence-corrected chi connectivity index (χ3v) is 6.69. The summed E-state index contributed by atoms with van der Waals surface area (Å²) < 4.78 is 0. The molecule has 0 fully saturated rings. The molecule has 0 aliphatic carbocycles. The van der Waals surface area contributed by atoms with Gasteiger partial charge in [0.2, 0.25) is 0 Å². The average molecular weight is 411 g/mol. The molecule has 0 unspecified atom stereocenters. The van der Waals surface area contributed by atoms with Gasteiger partial charge in [0.1, 0.15) is 0 Å². The second-order valence-electron chi connectivity index (χ2n) is 8.41. The molecule has 160 valence electrons. The zero-order valence-corrected chi connectivity index (χ0v) is 19.5. The summed E-state index contributed by atoms with van der Waals surface area (Å²) in [5, 5.41) is 0. The zero-order chi connectivity index (χ0) is 20.4. The first kappa shape index (κ1) is 24.1. The van der Waals surface area contributed by atoms with E-state index in [-0.39, 0.29) is 0 Å². The van der Waals surface area contributed by atoms with Gasteiger partial charge >= 0.3 is 0 Å². The first-order chi connectivity index (χ1) is 14.4. The lowest BCUT2D eigenvalue weighted by Crippen LogP contribution is -1.87. The molecule has 0 radical (unpaired) electrons. The van der Waals surface area contributed by atoms with Crippen LogP contribution in [-0.2, 0) is 6.42 Å². The Morgan fingerprint density at radius 2 is 1.03 bits per heavy atom. The molecule has 0 N–H and O–H groups in total. The van der Waals surface area contributed by atoms with Crippen LogP contribution in [0, 0.1) is 0 Å². The third-order valence-electron chi connectivity index (χ3n) is 5.70. The van der Waals surface area contributed by atoms with Crippen molar-refractivity contribution >= 4 is 11.8 Å². The molecule has 0 heterocycles. The Morgan fingerprint density at radius 1 is 0.517 bits per heavy atom. The Hall–Kier alpha value is -1.21. The second-order valence-corrected chi connectivity index (χ2v) is 9.56. The van der Waals surface area contributed by atoms with Crippen molar-refractivity contribution in [2.45, 2.75) is 113 Å². The summed E-state index contributed by atoms with van der Waals surface area (Å²) in [5.41, 5.74) is 1.49. The van der Waals surface area contributed by atoms with Gasteiger partial charge in [-0.25, -0.2) is 0 Å². The number of benzene rings is 2. The SMILES string of the molecule is CCCCCCCCCCCCCCCCc1cccc(Sc2ccccc2)c1. The van der Waals surface area contributed by atoms with Gasteiger partial charge in [0.15, 0.2) is 0 Å². The standard InChI is InChI=1S/C28H42S/c1-2-3-4-5-6-7-8-9-10-11-12-13-14-16-20-26-21-19-24-28(25-26)29-27-22-17-15-18-23-27/h15,17-19,21-25H,2-14,16,20H2,1H3. The highest BCUT2D eigenvalue weighted by atomic mass is 32.2. The van der Waals surface area contributed by atoms with E-state index < -0.39 is 0 Å². The van der Waals surface area contributed by atoms with E-state index in [4.69, 9.17) is 0 Å². The molecule has 0 nitrogen and oxygen atoms in total. The second kappa shape index (κ2) is 16.6. The van der Waals surface area contributed by atoms with Crippen LogP contribution < -0.4 is 0 Å². The quantitative estimate of drug-likeness (QED) is 0.234. The van der Waals surface area contributed by atoms with E-state index in [1.165, 1.54) is 112 Å². The van der Waals surface area contributed by atoms with Crippen LogP contribution in [0.3, 0.4) is 0 Å². The Balaban J connectivity index is 1.44. The molecule has 2 rings (SSSR count). The highest BCUT2D eigenvalue weighted by molar-refractivity contribution is 7.99. The minimum atomic E-state index is 1.22. The van der Waals surface area contributed by atoms with Crippen molar-refractivity contribution in [1.29, 1.82) is 0 Å². The van der Waals surface area contributed by atoms with E-state index in [9.17, 15) is 0 Å². The first-order valence-corrected chi connectivity index (χ1v) is 13.0. The maximum absolute atomic E-state index is 2.37. The summed E-state index contributed by atoms with van der Waals surface area (Å²) in [5.74, 6) is 0. The molecule has 0 bridgehead atoms. The van der Waals surface area contributed by atoms with Gasteiger partial charge in [0.25, 0.3) is 0 Å². The molecule has 0 spiro atoms. The predicted molar refractivity (Wildman–Crippen MR) is 131 cm³/mol. The summed E-state index contributed by atoms with van der Waals surface area (Å²) >= 11 is 1.86. The topological polar surface area (TPSA) is 0 Å². The summed E-state index contributed by atoms with van der Waals surface area (Å²) in [6.45, 7) is 2.30. The summed E-state index contributed by atoms with van der Waals surface area (Å²) in [6, 6.07) is 19.8. The molecule has 0 aliphatic rings. The van der Waals surface area contributed by atoms with Crippen LogP contribution >= 0.6 is 11.8 Å². The van der Waals surface area contributed by atoms with Gasteiger partial charge in [-0.1, -0.05) is 132 Å². The lowest BCUT2D eigenvalue weighted by atomic mass is 10.0. The van der Waals surface area contributed by atoms with Crippen molar-refractivity contribution in [3.8, 4) is 0 Å². The number of hydrogen-bond donors (Lipinski definition) is 0. The largest absolute Gasteiger partial charge is 0.0901 e. The normalized spacial score (nSPS) is 11.1. The molecule has 0 saturated carbocycles. The van der Waals surface area contributed by atoms with Gasteiger partial charge in [-0.2, -0.15) is 0 Å². The van der Waals surface area contributed by atoms with Crippen molar-refractivity contribution < 1.29 is 0 Å². The highest BCUT2D eigenvalue weighted by Gasteiger charge is 2.00.